The molecule has 1 fully saturated rings. The SMILES string of the molecule is CCCCCC(C)N1CC(c2ccccc2)NCC1C. The van der Waals surface area contributed by atoms with Gasteiger partial charge in [-0.2, -0.15) is 0 Å². The van der Waals surface area contributed by atoms with Gasteiger partial charge in [-0.3, -0.25) is 4.90 Å². The van der Waals surface area contributed by atoms with E-state index < -0.39 is 0 Å². The van der Waals surface area contributed by atoms with Crippen LogP contribution in [0.15, 0.2) is 30.3 Å². The van der Waals surface area contributed by atoms with Crippen molar-refractivity contribution >= 4 is 0 Å². The first-order valence-corrected chi connectivity index (χ1v) is 8.26. The Bertz CT molecular complexity index is 376. The number of unbranched alkanes of at least 4 members (excludes halogenated alkanes) is 2. The van der Waals surface area contributed by atoms with Gasteiger partial charge in [-0.15, -0.1) is 0 Å². The summed E-state index contributed by atoms with van der Waals surface area (Å²) in [5.74, 6) is 0. The number of nitrogens with one attached hydrogen (secondary N) is 1. The molecule has 1 aromatic rings. The van der Waals surface area contributed by atoms with Crippen LogP contribution in [0.5, 0.6) is 0 Å². The number of rotatable bonds is 6. The van der Waals surface area contributed by atoms with Crippen molar-refractivity contribution in [2.75, 3.05) is 13.1 Å². The zero-order valence-corrected chi connectivity index (χ0v) is 13.3. The van der Waals surface area contributed by atoms with Gasteiger partial charge in [0, 0.05) is 31.2 Å². The second kappa shape index (κ2) is 7.80. The summed E-state index contributed by atoms with van der Waals surface area (Å²) in [6, 6.07) is 12.7. The highest BCUT2D eigenvalue weighted by molar-refractivity contribution is 5.20. The standard InChI is InChI=1S/C18H30N2/c1-4-5-7-10-15(2)20-14-18(19-13-16(20)3)17-11-8-6-9-12-17/h6,8-9,11-12,15-16,18-19H,4-5,7,10,13-14H2,1-3H3. The summed E-state index contributed by atoms with van der Waals surface area (Å²) in [6.07, 6.45) is 5.38. The molecule has 1 heterocycles. The van der Waals surface area contributed by atoms with Gasteiger partial charge in [0.15, 0.2) is 0 Å². The summed E-state index contributed by atoms with van der Waals surface area (Å²) in [4.78, 5) is 2.70. The van der Waals surface area contributed by atoms with Gasteiger partial charge in [-0.25, -0.2) is 0 Å². The fourth-order valence-electron chi connectivity index (χ4n) is 3.26. The first kappa shape index (κ1) is 15.5. The average Bonchev–Trinajstić information content (AvgIpc) is 2.49. The monoisotopic (exact) mass is 274 g/mol. The molecular weight excluding hydrogens is 244 g/mol. The van der Waals surface area contributed by atoms with Crippen molar-refractivity contribution in [2.24, 2.45) is 0 Å². The highest BCUT2D eigenvalue weighted by atomic mass is 15.2. The zero-order valence-electron chi connectivity index (χ0n) is 13.3. The van der Waals surface area contributed by atoms with Crippen LogP contribution in [-0.2, 0) is 0 Å². The van der Waals surface area contributed by atoms with Crippen LogP contribution in [0.3, 0.4) is 0 Å². The molecule has 0 bridgehead atoms. The molecule has 1 N–H and O–H groups in total. The first-order chi connectivity index (χ1) is 9.72. The third kappa shape index (κ3) is 4.07. The molecule has 112 valence electrons. The largest absolute Gasteiger partial charge is 0.307 e. The van der Waals surface area contributed by atoms with E-state index in [4.69, 9.17) is 0 Å². The highest BCUT2D eigenvalue weighted by Crippen LogP contribution is 2.23. The molecule has 2 rings (SSSR count). The summed E-state index contributed by atoms with van der Waals surface area (Å²) >= 11 is 0. The van der Waals surface area contributed by atoms with Crippen molar-refractivity contribution in [3.05, 3.63) is 35.9 Å². The molecule has 0 spiro atoms. The van der Waals surface area contributed by atoms with Crippen molar-refractivity contribution < 1.29 is 0 Å². The molecule has 1 aliphatic rings. The van der Waals surface area contributed by atoms with Crippen molar-refractivity contribution in [2.45, 2.75) is 64.6 Å². The van der Waals surface area contributed by atoms with E-state index in [-0.39, 0.29) is 0 Å². The Morgan fingerprint density at radius 1 is 1.25 bits per heavy atom. The molecule has 1 aromatic carbocycles. The molecule has 0 amide bonds. The molecule has 0 aromatic heterocycles. The van der Waals surface area contributed by atoms with E-state index in [1.807, 2.05) is 0 Å². The number of benzene rings is 1. The lowest BCUT2D eigenvalue weighted by Crippen LogP contribution is -2.54. The molecule has 20 heavy (non-hydrogen) atoms. The Morgan fingerprint density at radius 3 is 2.70 bits per heavy atom. The minimum Gasteiger partial charge on any atom is -0.307 e. The van der Waals surface area contributed by atoms with Gasteiger partial charge in [-0.1, -0.05) is 56.5 Å². The summed E-state index contributed by atoms with van der Waals surface area (Å²) in [7, 11) is 0. The molecule has 2 nitrogen and oxygen atoms in total. The number of hydrogen-bond acceptors (Lipinski definition) is 2. The maximum Gasteiger partial charge on any atom is 0.0450 e. The van der Waals surface area contributed by atoms with Crippen LogP contribution in [-0.4, -0.2) is 30.1 Å². The summed E-state index contributed by atoms with van der Waals surface area (Å²) < 4.78 is 0. The van der Waals surface area contributed by atoms with Crippen molar-refractivity contribution in [1.82, 2.24) is 10.2 Å². The van der Waals surface area contributed by atoms with Gasteiger partial charge in [0.1, 0.15) is 0 Å². The molecular formula is C18H30N2. The lowest BCUT2D eigenvalue weighted by atomic mass is 9.99. The van der Waals surface area contributed by atoms with E-state index in [2.05, 4.69) is 61.3 Å². The molecule has 3 atom stereocenters. The molecule has 1 saturated heterocycles. The van der Waals surface area contributed by atoms with E-state index >= 15 is 0 Å². The van der Waals surface area contributed by atoms with Gasteiger partial charge in [0.05, 0.1) is 0 Å². The van der Waals surface area contributed by atoms with Crippen molar-refractivity contribution in [1.29, 1.82) is 0 Å². The van der Waals surface area contributed by atoms with E-state index in [1.165, 1.54) is 31.2 Å². The first-order valence-electron chi connectivity index (χ1n) is 8.26. The Kier molecular flexibility index (Phi) is 6.06. The maximum atomic E-state index is 3.70. The third-order valence-corrected chi connectivity index (χ3v) is 4.61. The highest BCUT2D eigenvalue weighted by Gasteiger charge is 2.28. The molecule has 2 heteroatoms. The Hall–Kier alpha value is -0.860. The Morgan fingerprint density at radius 2 is 2.00 bits per heavy atom. The van der Waals surface area contributed by atoms with E-state index in [0.29, 0.717) is 18.1 Å². The summed E-state index contributed by atoms with van der Waals surface area (Å²) in [5, 5.41) is 3.70. The van der Waals surface area contributed by atoms with E-state index in [9.17, 15) is 0 Å². The topological polar surface area (TPSA) is 15.3 Å². The van der Waals surface area contributed by atoms with Crippen molar-refractivity contribution in [3.8, 4) is 0 Å². The minimum absolute atomic E-state index is 0.487. The fraction of sp³-hybridized carbons (Fsp3) is 0.667. The fourth-order valence-corrected chi connectivity index (χ4v) is 3.26. The van der Waals surface area contributed by atoms with Crippen LogP contribution >= 0.6 is 0 Å². The van der Waals surface area contributed by atoms with Crippen LogP contribution < -0.4 is 5.32 Å². The van der Waals surface area contributed by atoms with Crippen LogP contribution in [0, 0.1) is 0 Å². The van der Waals surface area contributed by atoms with Gasteiger partial charge in [0.2, 0.25) is 0 Å². The van der Waals surface area contributed by atoms with Crippen molar-refractivity contribution in [3.63, 3.8) is 0 Å². The zero-order chi connectivity index (χ0) is 14.4. The van der Waals surface area contributed by atoms with E-state index in [1.54, 1.807) is 0 Å². The molecule has 0 radical (unpaired) electrons. The lowest BCUT2D eigenvalue weighted by Gasteiger charge is -2.42. The number of nitrogens with zero attached hydrogens (tertiary/aromatic N) is 1. The van der Waals surface area contributed by atoms with Gasteiger partial charge >= 0.3 is 0 Å². The molecule has 0 saturated carbocycles. The van der Waals surface area contributed by atoms with E-state index in [0.717, 1.165) is 13.1 Å². The van der Waals surface area contributed by atoms with Crippen LogP contribution in [0.1, 0.15) is 58.1 Å². The van der Waals surface area contributed by atoms with Gasteiger partial charge in [0.25, 0.3) is 0 Å². The maximum absolute atomic E-state index is 3.70. The summed E-state index contributed by atoms with van der Waals surface area (Å²) in [6.45, 7) is 9.27. The number of piperazine rings is 1. The normalized spacial score (nSPS) is 25.6. The molecule has 1 aliphatic heterocycles. The smallest absolute Gasteiger partial charge is 0.0450 e. The molecule has 3 unspecified atom stereocenters. The van der Waals surface area contributed by atoms with Crippen LogP contribution in [0.4, 0.5) is 0 Å². The average molecular weight is 274 g/mol. The Labute approximate surface area is 124 Å². The van der Waals surface area contributed by atoms with Crippen LogP contribution in [0.25, 0.3) is 0 Å². The van der Waals surface area contributed by atoms with Crippen LogP contribution in [0.2, 0.25) is 0 Å². The number of hydrogen-bond donors (Lipinski definition) is 1. The Balaban J connectivity index is 1.94. The quantitative estimate of drug-likeness (QED) is 0.789. The van der Waals surface area contributed by atoms with Gasteiger partial charge < -0.3 is 5.32 Å². The van der Waals surface area contributed by atoms with Gasteiger partial charge in [-0.05, 0) is 25.8 Å². The minimum atomic E-state index is 0.487. The third-order valence-electron chi connectivity index (χ3n) is 4.61. The second-order valence-electron chi connectivity index (χ2n) is 6.26. The summed E-state index contributed by atoms with van der Waals surface area (Å²) in [5.41, 5.74) is 1.42. The lowest BCUT2D eigenvalue weighted by molar-refractivity contribution is 0.0929. The second-order valence-corrected chi connectivity index (χ2v) is 6.26. The molecule has 0 aliphatic carbocycles. The predicted molar refractivity (Wildman–Crippen MR) is 87.0 cm³/mol. The predicted octanol–water partition coefficient (Wildman–Crippen LogP) is 3.99.